The topological polar surface area (TPSA) is 118 Å². The molecule has 3 atom stereocenters. The van der Waals surface area contributed by atoms with E-state index in [9.17, 15) is 19.5 Å². The standard InChI is InChI=1S/C24H29FN2O7/c1-13-10-26(7-5-19(13)28)22-15-4-3-14(2)27-11-17(23(31)16(21(15)27)9-18(22)25)24(32)34-12-33-8-6-20(29)30/h9,11,13-14,19,28H,3-8,10,12H2,1-2H3,(H,29,30)/t13?,14-,19?/m0/s1. The van der Waals surface area contributed by atoms with E-state index < -0.39 is 36.1 Å². The lowest BCUT2D eigenvalue weighted by Crippen LogP contribution is -2.43. The first kappa shape index (κ1) is 24.2. The molecule has 2 aromatic rings. The Morgan fingerprint density at radius 2 is 2.03 bits per heavy atom. The van der Waals surface area contributed by atoms with Crippen molar-refractivity contribution in [2.75, 3.05) is 31.4 Å². The number of piperidine rings is 1. The molecule has 0 radical (unpaired) electrons. The zero-order valence-corrected chi connectivity index (χ0v) is 19.3. The molecule has 3 heterocycles. The minimum atomic E-state index is -1.04. The van der Waals surface area contributed by atoms with Gasteiger partial charge in [-0.3, -0.25) is 9.59 Å². The summed E-state index contributed by atoms with van der Waals surface area (Å²) in [4.78, 5) is 38.3. The van der Waals surface area contributed by atoms with Crippen LogP contribution in [-0.4, -0.2) is 59.3 Å². The lowest BCUT2D eigenvalue weighted by atomic mass is 9.91. The number of esters is 1. The number of rotatable bonds is 7. The van der Waals surface area contributed by atoms with Gasteiger partial charge in [0.05, 0.1) is 30.3 Å². The maximum atomic E-state index is 15.5. The molecule has 1 fully saturated rings. The van der Waals surface area contributed by atoms with Crippen LogP contribution in [0.5, 0.6) is 0 Å². The Balaban J connectivity index is 1.71. The summed E-state index contributed by atoms with van der Waals surface area (Å²) in [5.74, 6) is -2.48. The zero-order valence-electron chi connectivity index (χ0n) is 19.3. The van der Waals surface area contributed by atoms with Crippen molar-refractivity contribution < 1.29 is 33.7 Å². The van der Waals surface area contributed by atoms with Crippen LogP contribution in [0.15, 0.2) is 17.1 Å². The summed E-state index contributed by atoms with van der Waals surface area (Å²) in [6.45, 7) is 4.32. The number of pyridine rings is 1. The Morgan fingerprint density at radius 3 is 2.74 bits per heavy atom. The third-order valence-corrected chi connectivity index (χ3v) is 6.76. The maximum absolute atomic E-state index is 15.5. The number of aromatic nitrogens is 1. The molecule has 184 valence electrons. The van der Waals surface area contributed by atoms with Gasteiger partial charge < -0.3 is 29.2 Å². The van der Waals surface area contributed by atoms with Crippen LogP contribution in [0.4, 0.5) is 10.1 Å². The highest BCUT2D eigenvalue weighted by molar-refractivity contribution is 5.96. The fourth-order valence-electron chi connectivity index (χ4n) is 4.85. The number of ether oxygens (including phenoxy) is 2. The van der Waals surface area contributed by atoms with Gasteiger partial charge >= 0.3 is 11.9 Å². The van der Waals surface area contributed by atoms with Crippen LogP contribution in [0.1, 0.15) is 55.1 Å². The number of anilines is 1. The monoisotopic (exact) mass is 476 g/mol. The summed E-state index contributed by atoms with van der Waals surface area (Å²) >= 11 is 0. The molecule has 34 heavy (non-hydrogen) atoms. The number of halogens is 1. The Kier molecular flexibility index (Phi) is 6.90. The molecule has 0 aliphatic carbocycles. The molecule has 2 N–H and O–H groups in total. The summed E-state index contributed by atoms with van der Waals surface area (Å²) in [6.07, 6.45) is 2.65. The number of aliphatic carboxylic acids is 1. The van der Waals surface area contributed by atoms with Crippen LogP contribution < -0.4 is 10.3 Å². The second-order valence-corrected chi connectivity index (χ2v) is 9.13. The van der Waals surface area contributed by atoms with E-state index in [1.165, 1.54) is 12.3 Å². The molecule has 0 amide bonds. The normalized spacial score (nSPS) is 22.1. The Labute approximate surface area is 195 Å². The van der Waals surface area contributed by atoms with E-state index in [2.05, 4.69) is 0 Å². The van der Waals surface area contributed by atoms with Gasteiger partial charge in [0, 0.05) is 36.3 Å². The van der Waals surface area contributed by atoms with Crippen molar-refractivity contribution in [2.45, 2.75) is 51.7 Å². The summed E-state index contributed by atoms with van der Waals surface area (Å²) < 4.78 is 27.3. The molecule has 2 aliphatic heterocycles. The quantitative estimate of drug-likeness (QED) is 0.356. The van der Waals surface area contributed by atoms with Gasteiger partial charge in [-0.15, -0.1) is 0 Å². The third kappa shape index (κ3) is 4.52. The number of aliphatic hydroxyl groups is 1. The highest BCUT2D eigenvalue weighted by atomic mass is 19.1. The number of aliphatic hydroxyl groups excluding tert-OH is 1. The molecule has 1 aromatic carbocycles. The number of aryl methyl sites for hydroxylation is 1. The van der Waals surface area contributed by atoms with Crippen LogP contribution in [-0.2, 0) is 20.7 Å². The average molecular weight is 477 g/mol. The van der Waals surface area contributed by atoms with Gasteiger partial charge in [0.15, 0.2) is 6.79 Å². The molecule has 1 saturated heterocycles. The number of nitrogens with zero attached hydrogens (tertiary/aromatic N) is 2. The second kappa shape index (κ2) is 9.71. The molecule has 0 bridgehead atoms. The summed E-state index contributed by atoms with van der Waals surface area (Å²) in [5, 5.41) is 18.8. The van der Waals surface area contributed by atoms with E-state index >= 15 is 4.39 Å². The van der Waals surface area contributed by atoms with Crippen LogP contribution in [0.2, 0.25) is 0 Å². The van der Waals surface area contributed by atoms with Crippen molar-refractivity contribution in [3.8, 4) is 0 Å². The zero-order chi connectivity index (χ0) is 24.6. The Hall–Kier alpha value is -2.98. The lowest BCUT2D eigenvalue weighted by Gasteiger charge is -2.38. The molecule has 2 aliphatic rings. The van der Waals surface area contributed by atoms with Gasteiger partial charge in [0.25, 0.3) is 0 Å². The fourth-order valence-corrected chi connectivity index (χ4v) is 4.85. The Morgan fingerprint density at radius 1 is 1.26 bits per heavy atom. The first-order valence-electron chi connectivity index (χ1n) is 11.5. The minimum absolute atomic E-state index is 0.00406. The number of hydrogen-bond acceptors (Lipinski definition) is 7. The average Bonchev–Trinajstić information content (AvgIpc) is 2.78. The highest BCUT2D eigenvalue weighted by Crippen LogP contribution is 2.39. The predicted molar refractivity (Wildman–Crippen MR) is 122 cm³/mol. The number of benzene rings is 1. The molecule has 0 spiro atoms. The van der Waals surface area contributed by atoms with Crippen LogP contribution in [0.25, 0.3) is 10.9 Å². The van der Waals surface area contributed by atoms with E-state index in [0.29, 0.717) is 43.6 Å². The summed E-state index contributed by atoms with van der Waals surface area (Å²) in [5.41, 5.74) is 0.980. The summed E-state index contributed by atoms with van der Waals surface area (Å²) in [7, 11) is 0. The van der Waals surface area contributed by atoms with E-state index in [-0.39, 0.29) is 35.9 Å². The minimum Gasteiger partial charge on any atom is -0.481 e. The fraction of sp³-hybridized carbons (Fsp3) is 0.542. The summed E-state index contributed by atoms with van der Waals surface area (Å²) in [6, 6.07) is 1.18. The van der Waals surface area contributed by atoms with Gasteiger partial charge in [0.1, 0.15) is 11.4 Å². The maximum Gasteiger partial charge on any atom is 0.345 e. The van der Waals surface area contributed by atoms with Gasteiger partial charge in [0.2, 0.25) is 5.43 Å². The molecule has 0 saturated carbocycles. The highest BCUT2D eigenvalue weighted by Gasteiger charge is 2.32. The van der Waals surface area contributed by atoms with Gasteiger partial charge in [-0.25, -0.2) is 9.18 Å². The molecule has 2 unspecified atom stereocenters. The van der Waals surface area contributed by atoms with E-state index in [1.54, 1.807) is 0 Å². The molecule has 10 heteroatoms. The van der Waals surface area contributed by atoms with Crippen molar-refractivity contribution in [3.63, 3.8) is 0 Å². The van der Waals surface area contributed by atoms with Gasteiger partial charge in [-0.2, -0.15) is 0 Å². The first-order valence-corrected chi connectivity index (χ1v) is 11.5. The molecule has 4 rings (SSSR count). The van der Waals surface area contributed by atoms with Crippen molar-refractivity contribution in [3.05, 3.63) is 39.4 Å². The number of hydrogen-bond donors (Lipinski definition) is 2. The SMILES string of the molecule is CC1CN(c2c(F)cc3c(=O)c(C(=O)OCOCCC(=O)O)cn4c3c2CC[C@@H]4C)CCC1O. The van der Waals surface area contributed by atoms with Crippen LogP contribution in [0.3, 0.4) is 0 Å². The first-order chi connectivity index (χ1) is 16.2. The smallest absolute Gasteiger partial charge is 0.345 e. The number of carbonyl (C=O) groups is 2. The second-order valence-electron chi connectivity index (χ2n) is 9.13. The third-order valence-electron chi connectivity index (χ3n) is 6.76. The van der Waals surface area contributed by atoms with Gasteiger partial charge in [-0.05, 0) is 38.2 Å². The molecule has 1 aromatic heterocycles. The van der Waals surface area contributed by atoms with E-state index in [4.69, 9.17) is 14.6 Å². The molecule has 9 nitrogen and oxygen atoms in total. The largest absolute Gasteiger partial charge is 0.481 e. The number of carboxylic acids is 1. The van der Waals surface area contributed by atoms with Crippen molar-refractivity contribution in [1.29, 1.82) is 0 Å². The van der Waals surface area contributed by atoms with Gasteiger partial charge in [-0.1, -0.05) is 6.92 Å². The molecular formula is C24H29FN2O7. The van der Waals surface area contributed by atoms with Crippen LogP contribution in [0, 0.1) is 11.7 Å². The molecular weight excluding hydrogens is 447 g/mol. The predicted octanol–water partition coefficient (Wildman–Crippen LogP) is 2.46. The van der Waals surface area contributed by atoms with E-state index in [0.717, 1.165) is 5.56 Å². The number of carboxylic acid groups (broad SMARTS) is 1. The Bertz CT molecular complexity index is 1180. The lowest BCUT2D eigenvalue weighted by molar-refractivity contribution is -0.139. The van der Waals surface area contributed by atoms with Crippen molar-refractivity contribution >= 4 is 28.5 Å². The van der Waals surface area contributed by atoms with Crippen LogP contribution >= 0.6 is 0 Å². The number of carbonyl (C=O) groups excluding carboxylic acids is 1. The van der Waals surface area contributed by atoms with E-state index in [1.807, 2.05) is 23.3 Å². The van der Waals surface area contributed by atoms with Crippen molar-refractivity contribution in [1.82, 2.24) is 4.57 Å². The van der Waals surface area contributed by atoms with Crippen molar-refractivity contribution in [2.24, 2.45) is 5.92 Å².